The minimum absolute atomic E-state index is 0.00301. The van der Waals surface area contributed by atoms with Crippen molar-refractivity contribution in [3.63, 3.8) is 0 Å². The van der Waals surface area contributed by atoms with E-state index >= 15 is 0 Å². The number of esters is 1. The summed E-state index contributed by atoms with van der Waals surface area (Å²) in [5, 5.41) is 13.2. The van der Waals surface area contributed by atoms with Crippen LogP contribution in [0, 0.1) is 0 Å². The largest absolute Gasteiger partial charge is 0.465 e. The molecule has 3 rings (SSSR count). The second kappa shape index (κ2) is 12.3. The van der Waals surface area contributed by atoms with E-state index in [1.165, 1.54) is 31.1 Å². The van der Waals surface area contributed by atoms with E-state index < -0.39 is 55.5 Å². The van der Waals surface area contributed by atoms with Gasteiger partial charge in [-0.2, -0.15) is 5.09 Å². The van der Waals surface area contributed by atoms with Gasteiger partial charge < -0.3 is 19.1 Å². The number of para-hydroxylation sites is 1. The molecule has 1 aromatic carbocycles. The number of ether oxygens (including phenoxy) is 2. The van der Waals surface area contributed by atoms with Crippen molar-refractivity contribution < 1.29 is 33.0 Å². The molecular weight excluding hydrogens is 573 g/mol. The number of hydrogen-bond acceptors (Lipinski definition) is 9. The van der Waals surface area contributed by atoms with Gasteiger partial charge in [-0.1, -0.05) is 34.1 Å². The maximum atomic E-state index is 13.7. The smallest absolute Gasteiger partial charge is 0.459 e. The number of aliphatic hydroxyl groups is 1. The molecule has 0 aliphatic carbocycles. The summed E-state index contributed by atoms with van der Waals surface area (Å²) < 4.78 is 37.0. The van der Waals surface area contributed by atoms with Crippen molar-refractivity contribution >= 4 is 35.7 Å². The van der Waals surface area contributed by atoms with Crippen LogP contribution in [0.5, 0.6) is 5.75 Å². The maximum Gasteiger partial charge on any atom is 0.459 e. The first-order valence-corrected chi connectivity index (χ1v) is 13.9. The number of hydrogen-bond donors (Lipinski definition) is 3. The Morgan fingerprint density at radius 1 is 1.35 bits per heavy atom. The minimum atomic E-state index is -4.22. The molecule has 202 valence electrons. The van der Waals surface area contributed by atoms with Crippen molar-refractivity contribution in [3.05, 3.63) is 67.9 Å². The summed E-state index contributed by atoms with van der Waals surface area (Å²) in [4.78, 5) is 40.4. The molecular formula is C23H29BrN3O9P. The van der Waals surface area contributed by atoms with Crippen LogP contribution in [0.25, 0.3) is 6.08 Å². The van der Waals surface area contributed by atoms with Crippen LogP contribution >= 0.6 is 23.7 Å². The van der Waals surface area contributed by atoms with Crippen molar-refractivity contribution in [2.75, 3.05) is 13.2 Å². The number of nitrogens with one attached hydrogen (secondary N) is 2. The van der Waals surface area contributed by atoms with E-state index in [2.05, 4.69) is 26.0 Å². The van der Waals surface area contributed by atoms with Gasteiger partial charge in [0.25, 0.3) is 5.56 Å². The number of aliphatic hydroxyl groups excluding tert-OH is 1. The molecule has 2 heterocycles. The van der Waals surface area contributed by atoms with Crippen LogP contribution in [0.15, 0.2) is 51.1 Å². The standard InChI is InChI=1S/C23H29BrN3O9P/c1-4-33-21(30)23(2,3)26-37(32,36-16-8-6-5-7-9-16)34-14-18-17(28)12-19(35-18)27-13-15(10-11-24)20(29)25-22(27)31/h5-11,13,17-19,28H,4,12,14H2,1-3H3,(H,26,32)(H,25,29,31)/b11-10+/t17-,18+,19+,37?/m0/s1. The fraction of sp³-hybridized carbons (Fsp3) is 0.435. The number of benzene rings is 1. The summed E-state index contributed by atoms with van der Waals surface area (Å²) in [5.41, 5.74) is -2.54. The third-order valence-corrected chi connectivity index (χ3v) is 7.37. The predicted molar refractivity (Wildman–Crippen MR) is 138 cm³/mol. The molecule has 0 bridgehead atoms. The molecule has 3 N–H and O–H groups in total. The number of carbonyl (C=O) groups is 1. The molecule has 0 amide bonds. The number of H-pyrrole nitrogens is 1. The first kappa shape index (κ1) is 29.0. The molecule has 1 saturated heterocycles. The summed E-state index contributed by atoms with van der Waals surface area (Å²) >= 11 is 3.09. The number of halogens is 1. The lowest BCUT2D eigenvalue weighted by Gasteiger charge is -2.29. The van der Waals surface area contributed by atoms with Gasteiger partial charge in [0.2, 0.25) is 0 Å². The molecule has 1 fully saturated rings. The number of rotatable bonds is 11. The predicted octanol–water partition coefficient (Wildman–Crippen LogP) is 2.69. The van der Waals surface area contributed by atoms with E-state index in [-0.39, 0.29) is 24.3 Å². The van der Waals surface area contributed by atoms with Crippen molar-refractivity contribution in [2.24, 2.45) is 0 Å². The van der Waals surface area contributed by atoms with Gasteiger partial charge in [0, 0.05) is 12.6 Å². The number of nitrogens with zero attached hydrogens (tertiary/aromatic N) is 1. The van der Waals surface area contributed by atoms with Gasteiger partial charge in [-0.3, -0.25) is 23.7 Å². The van der Waals surface area contributed by atoms with Gasteiger partial charge in [0.15, 0.2) is 0 Å². The van der Waals surface area contributed by atoms with E-state index in [1.54, 1.807) is 37.3 Å². The molecule has 2 aromatic rings. The Hall–Kier alpha value is -2.54. The lowest BCUT2D eigenvalue weighted by molar-refractivity contribution is -0.149. The monoisotopic (exact) mass is 601 g/mol. The van der Waals surface area contributed by atoms with Crippen LogP contribution in [0.2, 0.25) is 0 Å². The molecule has 4 atom stereocenters. The third-order valence-electron chi connectivity index (χ3n) is 5.33. The van der Waals surface area contributed by atoms with Crippen LogP contribution in [-0.4, -0.2) is 51.6 Å². The zero-order chi connectivity index (χ0) is 27.2. The van der Waals surface area contributed by atoms with E-state index in [9.17, 15) is 24.1 Å². The van der Waals surface area contributed by atoms with Crippen molar-refractivity contribution in [3.8, 4) is 5.75 Å². The average Bonchev–Trinajstić information content (AvgIpc) is 3.20. The molecule has 14 heteroatoms. The quantitative estimate of drug-likeness (QED) is 0.258. The second-order valence-electron chi connectivity index (χ2n) is 8.63. The topological polar surface area (TPSA) is 158 Å². The highest BCUT2D eigenvalue weighted by Gasteiger charge is 2.43. The Morgan fingerprint density at radius 2 is 2.05 bits per heavy atom. The maximum absolute atomic E-state index is 13.7. The number of aromatic nitrogens is 2. The summed E-state index contributed by atoms with van der Waals surface area (Å²) in [6.07, 6.45) is -0.250. The first-order valence-electron chi connectivity index (χ1n) is 11.4. The third kappa shape index (κ3) is 7.50. The Balaban J connectivity index is 1.79. The lowest BCUT2D eigenvalue weighted by Crippen LogP contribution is -2.47. The fourth-order valence-corrected chi connectivity index (χ4v) is 5.48. The Bertz CT molecular complexity index is 1280. The Kier molecular flexibility index (Phi) is 9.68. The number of carbonyl (C=O) groups excluding carboxylic acids is 1. The van der Waals surface area contributed by atoms with Crippen LogP contribution in [-0.2, 0) is 23.4 Å². The normalized spacial score (nSPS) is 21.6. The van der Waals surface area contributed by atoms with Gasteiger partial charge in [0.05, 0.1) is 24.9 Å². The highest BCUT2D eigenvalue weighted by Crippen LogP contribution is 2.47. The Labute approximate surface area is 221 Å². The summed E-state index contributed by atoms with van der Waals surface area (Å²) in [5.74, 6) is -0.450. The van der Waals surface area contributed by atoms with Gasteiger partial charge in [-0.25, -0.2) is 9.36 Å². The van der Waals surface area contributed by atoms with Crippen molar-refractivity contribution in [1.82, 2.24) is 14.6 Å². The molecule has 1 unspecified atom stereocenters. The number of aromatic amines is 1. The molecule has 1 aliphatic rings. The van der Waals surface area contributed by atoms with Gasteiger partial charge >= 0.3 is 19.4 Å². The van der Waals surface area contributed by atoms with E-state index in [4.69, 9.17) is 18.5 Å². The fourth-order valence-electron chi connectivity index (χ4n) is 3.51. The van der Waals surface area contributed by atoms with E-state index in [0.717, 1.165) is 4.57 Å². The molecule has 0 saturated carbocycles. The lowest BCUT2D eigenvalue weighted by atomic mass is 10.1. The van der Waals surface area contributed by atoms with Crippen LogP contribution in [0.1, 0.15) is 39.0 Å². The SMILES string of the molecule is CCOC(=O)C(C)(C)NP(=O)(OC[C@H]1O[C@@H](n2cc(/C=C/Br)c(=O)[nH]c2=O)C[C@@H]1O)Oc1ccccc1. The minimum Gasteiger partial charge on any atom is -0.465 e. The molecule has 0 spiro atoms. The highest BCUT2D eigenvalue weighted by atomic mass is 79.9. The van der Waals surface area contributed by atoms with E-state index in [0.29, 0.717) is 0 Å². The van der Waals surface area contributed by atoms with Crippen molar-refractivity contribution in [2.45, 2.75) is 51.2 Å². The van der Waals surface area contributed by atoms with Gasteiger partial charge in [-0.15, -0.1) is 0 Å². The molecule has 1 aromatic heterocycles. The summed E-state index contributed by atoms with van der Waals surface area (Å²) in [7, 11) is -4.22. The zero-order valence-corrected chi connectivity index (χ0v) is 22.9. The van der Waals surface area contributed by atoms with Gasteiger partial charge in [0.1, 0.15) is 23.6 Å². The van der Waals surface area contributed by atoms with Gasteiger partial charge in [-0.05, 0) is 44.0 Å². The Morgan fingerprint density at radius 3 is 2.70 bits per heavy atom. The average molecular weight is 602 g/mol. The molecule has 0 radical (unpaired) electrons. The summed E-state index contributed by atoms with van der Waals surface area (Å²) in [6, 6.07) is 8.22. The molecule has 37 heavy (non-hydrogen) atoms. The van der Waals surface area contributed by atoms with Crippen LogP contribution in [0.3, 0.4) is 0 Å². The zero-order valence-electron chi connectivity index (χ0n) is 20.5. The van der Waals surface area contributed by atoms with Crippen LogP contribution in [0.4, 0.5) is 0 Å². The summed E-state index contributed by atoms with van der Waals surface area (Å²) in [6.45, 7) is 4.30. The van der Waals surface area contributed by atoms with E-state index in [1.807, 2.05) is 0 Å². The first-order chi connectivity index (χ1) is 17.5. The van der Waals surface area contributed by atoms with Crippen molar-refractivity contribution in [1.29, 1.82) is 0 Å². The molecule has 1 aliphatic heterocycles. The highest BCUT2D eigenvalue weighted by molar-refractivity contribution is 9.11. The van der Waals surface area contributed by atoms with Crippen LogP contribution < -0.4 is 20.9 Å². The molecule has 12 nitrogen and oxygen atoms in total. The second-order valence-corrected chi connectivity index (χ2v) is 10.8.